The van der Waals surface area contributed by atoms with Gasteiger partial charge in [-0.2, -0.15) is 0 Å². The van der Waals surface area contributed by atoms with Gasteiger partial charge in [-0.3, -0.25) is 0 Å². The normalized spacial score (nSPS) is 11.1. The molecular formula is C10H9ClN4. The number of hydrogen-bond acceptors (Lipinski definition) is 3. The van der Waals surface area contributed by atoms with Crippen molar-refractivity contribution in [2.45, 2.75) is 6.92 Å². The summed E-state index contributed by atoms with van der Waals surface area (Å²) in [4.78, 5) is 1.46. The molecule has 4 nitrogen and oxygen atoms in total. The van der Waals surface area contributed by atoms with Crippen LogP contribution >= 0.6 is 11.6 Å². The number of hydrogen-bond donors (Lipinski definition) is 0. The molecule has 0 unspecified atom stereocenters. The molecule has 1 aromatic heterocycles. The highest BCUT2D eigenvalue weighted by molar-refractivity contribution is 6.30. The maximum absolute atomic E-state index is 5.78. The number of halogens is 1. The van der Waals surface area contributed by atoms with E-state index >= 15 is 0 Å². The minimum absolute atomic E-state index is 0.590. The number of benzene rings is 1. The van der Waals surface area contributed by atoms with Crippen LogP contribution in [0, 0.1) is 0 Å². The lowest BCUT2D eigenvalue weighted by atomic mass is 10.3. The van der Waals surface area contributed by atoms with E-state index in [1.54, 1.807) is 18.2 Å². The smallest absolute Gasteiger partial charge is 0.131 e. The van der Waals surface area contributed by atoms with Crippen LogP contribution in [0.15, 0.2) is 30.3 Å². The van der Waals surface area contributed by atoms with Crippen molar-refractivity contribution in [2.75, 3.05) is 0 Å². The summed E-state index contributed by atoms with van der Waals surface area (Å²) >= 11 is 5.78. The van der Waals surface area contributed by atoms with Crippen molar-refractivity contribution in [1.29, 1.82) is 0 Å². The van der Waals surface area contributed by atoms with Gasteiger partial charge in [0.05, 0.1) is 5.69 Å². The summed E-state index contributed by atoms with van der Waals surface area (Å²) in [7, 11) is 0. The van der Waals surface area contributed by atoms with Gasteiger partial charge in [-0.15, -0.1) is 15.0 Å². The number of tetrazole rings is 1. The molecule has 0 spiro atoms. The SMILES string of the molecule is C/C=C/c1nnn(-c2ccc(Cl)cc2)n1. The predicted molar refractivity (Wildman–Crippen MR) is 58.9 cm³/mol. The first-order valence-electron chi connectivity index (χ1n) is 4.48. The topological polar surface area (TPSA) is 43.6 Å². The highest BCUT2D eigenvalue weighted by Crippen LogP contribution is 2.11. The van der Waals surface area contributed by atoms with Crippen LogP contribution in [0.2, 0.25) is 5.02 Å². The number of aromatic nitrogens is 4. The Bertz CT molecular complexity index is 472. The molecule has 0 fully saturated rings. The minimum atomic E-state index is 0.590. The van der Waals surface area contributed by atoms with Crippen molar-refractivity contribution in [1.82, 2.24) is 20.2 Å². The lowest BCUT2D eigenvalue weighted by molar-refractivity contribution is 0.719. The quantitative estimate of drug-likeness (QED) is 0.780. The van der Waals surface area contributed by atoms with Gasteiger partial charge < -0.3 is 0 Å². The molecule has 0 amide bonds. The Hall–Kier alpha value is -1.68. The Balaban J connectivity index is 2.33. The molecule has 15 heavy (non-hydrogen) atoms. The van der Waals surface area contributed by atoms with Gasteiger partial charge in [-0.1, -0.05) is 17.7 Å². The van der Waals surface area contributed by atoms with Crippen LogP contribution in [0.5, 0.6) is 0 Å². The van der Waals surface area contributed by atoms with Gasteiger partial charge in [0, 0.05) is 5.02 Å². The molecule has 0 atom stereocenters. The zero-order chi connectivity index (χ0) is 10.7. The van der Waals surface area contributed by atoms with Gasteiger partial charge in [0.1, 0.15) is 0 Å². The van der Waals surface area contributed by atoms with Gasteiger partial charge in [0.25, 0.3) is 0 Å². The second kappa shape index (κ2) is 4.23. The maximum atomic E-state index is 5.78. The van der Waals surface area contributed by atoms with Crippen LogP contribution in [0.4, 0.5) is 0 Å². The Morgan fingerprint density at radius 2 is 2.00 bits per heavy atom. The van der Waals surface area contributed by atoms with E-state index in [1.807, 2.05) is 25.1 Å². The van der Waals surface area contributed by atoms with E-state index in [-0.39, 0.29) is 0 Å². The van der Waals surface area contributed by atoms with E-state index in [0.29, 0.717) is 10.8 Å². The van der Waals surface area contributed by atoms with Crippen molar-refractivity contribution in [3.8, 4) is 5.69 Å². The molecule has 0 saturated heterocycles. The maximum Gasteiger partial charge on any atom is 0.197 e. The first-order valence-corrected chi connectivity index (χ1v) is 4.86. The summed E-state index contributed by atoms with van der Waals surface area (Å²) in [6.45, 7) is 1.91. The molecule has 0 saturated carbocycles. The minimum Gasteiger partial charge on any atom is -0.131 e. The van der Waals surface area contributed by atoms with Crippen molar-refractivity contribution in [3.05, 3.63) is 41.2 Å². The van der Waals surface area contributed by atoms with Gasteiger partial charge in [0.15, 0.2) is 5.82 Å². The van der Waals surface area contributed by atoms with E-state index in [9.17, 15) is 0 Å². The third-order valence-electron chi connectivity index (χ3n) is 1.80. The largest absolute Gasteiger partial charge is 0.197 e. The van der Waals surface area contributed by atoms with E-state index in [0.717, 1.165) is 5.69 Å². The third kappa shape index (κ3) is 2.22. The fourth-order valence-electron chi connectivity index (χ4n) is 1.12. The van der Waals surface area contributed by atoms with Crippen LogP contribution < -0.4 is 0 Å². The second-order valence-corrected chi connectivity index (χ2v) is 3.35. The number of rotatable bonds is 2. The Kier molecular flexibility index (Phi) is 2.78. The van der Waals surface area contributed by atoms with Gasteiger partial charge in [0.2, 0.25) is 0 Å². The predicted octanol–water partition coefficient (Wildman–Crippen LogP) is 2.35. The second-order valence-electron chi connectivity index (χ2n) is 2.91. The Labute approximate surface area is 92.2 Å². The van der Waals surface area contributed by atoms with Gasteiger partial charge in [-0.05, 0) is 42.5 Å². The Morgan fingerprint density at radius 3 is 2.67 bits per heavy atom. The highest BCUT2D eigenvalue weighted by Gasteiger charge is 2.01. The first kappa shape index (κ1) is 9.86. The molecule has 0 N–H and O–H groups in total. The molecule has 2 aromatic rings. The summed E-state index contributed by atoms with van der Waals surface area (Å²) in [5.74, 6) is 0.590. The summed E-state index contributed by atoms with van der Waals surface area (Å²) < 4.78 is 0. The molecular weight excluding hydrogens is 212 g/mol. The zero-order valence-corrected chi connectivity index (χ0v) is 8.89. The molecule has 76 valence electrons. The average molecular weight is 221 g/mol. The van der Waals surface area contributed by atoms with E-state index in [4.69, 9.17) is 11.6 Å². The molecule has 2 rings (SSSR count). The Morgan fingerprint density at radius 1 is 1.27 bits per heavy atom. The van der Waals surface area contributed by atoms with Crippen LogP contribution in [0.25, 0.3) is 11.8 Å². The van der Waals surface area contributed by atoms with Crippen LogP contribution in [-0.4, -0.2) is 20.2 Å². The molecule has 0 aliphatic rings. The monoisotopic (exact) mass is 220 g/mol. The fraction of sp³-hybridized carbons (Fsp3) is 0.100. The highest BCUT2D eigenvalue weighted by atomic mass is 35.5. The lowest BCUT2D eigenvalue weighted by Gasteiger charge is -1.96. The average Bonchev–Trinajstić information content (AvgIpc) is 2.68. The number of allylic oxidation sites excluding steroid dienone is 1. The molecule has 5 heteroatoms. The summed E-state index contributed by atoms with van der Waals surface area (Å²) in [6.07, 6.45) is 3.66. The number of nitrogens with zero attached hydrogens (tertiary/aromatic N) is 4. The molecule has 0 aliphatic carbocycles. The van der Waals surface area contributed by atoms with E-state index in [1.165, 1.54) is 4.80 Å². The summed E-state index contributed by atoms with van der Waals surface area (Å²) in [5, 5.41) is 12.6. The van der Waals surface area contributed by atoms with Crippen molar-refractivity contribution < 1.29 is 0 Å². The zero-order valence-electron chi connectivity index (χ0n) is 8.13. The first-order chi connectivity index (χ1) is 7.29. The van der Waals surface area contributed by atoms with Crippen molar-refractivity contribution >= 4 is 17.7 Å². The summed E-state index contributed by atoms with van der Waals surface area (Å²) in [5.41, 5.74) is 0.836. The summed E-state index contributed by atoms with van der Waals surface area (Å²) in [6, 6.07) is 7.25. The van der Waals surface area contributed by atoms with Crippen LogP contribution in [0.1, 0.15) is 12.7 Å². The molecule has 0 bridgehead atoms. The van der Waals surface area contributed by atoms with Crippen LogP contribution in [-0.2, 0) is 0 Å². The van der Waals surface area contributed by atoms with Gasteiger partial charge in [-0.25, -0.2) is 0 Å². The molecule has 0 aliphatic heterocycles. The fourth-order valence-corrected chi connectivity index (χ4v) is 1.25. The van der Waals surface area contributed by atoms with Crippen molar-refractivity contribution in [2.24, 2.45) is 0 Å². The molecule has 0 radical (unpaired) electrons. The molecule has 1 heterocycles. The van der Waals surface area contributed by atoms with Crippen LogP contribution in [0.3, 0.4) is 0 Å². The standard InChI is InChI=1S/C10H9ClN4/c1-2-3-10-12-14-15(13-10)9-6-4-8(11)5-7-9/h2-7H,1H3/b3-2+. The van der Waals surface area contributed by atoms with Gasteiger partial charge >= 0.3 is 0 Å². The third-order valence-corrected chi connectivity index (χ3v) is 2.05. The van der Waals surface area contributed by atoms with E-state index in [2.05, 4.69) is 15.4 Å². The van der Waals surface area contributed by atoms with E-state index < -0.39 is 0 Å². The molecule has 1 aromatic carbocycles. The lowest BCUT2D eigenvalue weighted by Crippen LogP contribution is -1.98. The van der Waals surface area contributed by atoms with Crippen molar-refractivity contribution in [3.63, 3.8) is 0 Å².